The molecule has 5 N–H and O–H groups in total. The number of ether oxygens (including phenoxy) is 1. The summed E-state index contributed by atoms with van der Waals surface area (Å²) in [5.41, 5.74) is 4.97. The highest BCUT2D eigenvalue weighted by molar-refractivity contribution is 8.29. The molecule has 190 valence electrons. The zero-order valence-electron chi connectivity index (χ0n) is 19.2. The molecule has 0 radical (unpaired) electrons. The molecule has 2 aliphatic heterocycles. The van der Waals surface area contributed by atoms with Gasteiger partial charge >= 0.3 is 0 Å². The molecule has 0 aliphatic carbocycles. The first-order valence-corrected chi connectivity index (χ1v) is 12.7. The Morgan fingerprint density at radius 2 is 2.11 bits per heavy atom. The molecule has 2 aliphatic rings. The molecule has 35 heavy (non-hydrogen) atoms. The lowest BCUT2D eigenvalue weighted by molar-refractivity contribution is 0.0816. The summed E-state index contributed by atoms with van der Waals surface area (Å²) in [5, 5.41) is 2.55. The molecule has 0 spiro atoms. The zero-order chi connectivity index (χ0) is 25.4. The fourth-order valence-corrected chi connectivity index (χ4v) is 7.39. The summed E-state index contributed by atoms with van der Waals surface area (Å²) in [5.74, 6) is -0.798. The van der Waals surface area contributed by atoms with E-state index in [-0.39, 0.29) is 34.5 Å². The van der Waals surface area contributed by atoms with E-state index in [4.69, 9.17) is 10.5 Å². The third-order valence-electron chi connectivity index (χ3n) is 6.26. The monoisotopic (exact) mass is 512 g/mol. The van der Waals surface area contributed by atoms with Crippen molar-refractivity contribution in [2.45, 2.75) is 43.4 Å². The number of carbonyl (C=O) groups excluding carboxylic acids is 1. The smallest absolute Gasteiger partial charge is 0.275 e. The van der Waals surface area contributed by atoms with Gasteiger partial charge in [-0.3, -0.25) is 14.5 Å². The average molecular weight is 513 g/mol. The van der Waals surface area contributed by atoms with Gasteiger partial charge < -0.3 is 20.3 Å². The number of pyridine rings is 2. The van der Waals surface area contributed by atoms with Crippen LogP contribution in [0.5, 0.6) is 5.75 Å². The maximum absolute atomic E-state index is 14.9. The second kappa shape index (κ2) is 9.28. The van der Waals surface area contributed by atoms with Crippen LogP contribution in [0.1, 0.15) is 42.9 Å². The topological polar surface area (TPSA) is 135 Å². The normalized spacial score (nSPS) is 30.1. The Morgan fingerprint density at radius 1 is 1.34 bits per heavy atom. The number of rotatable bonds is 6. The fraction of sp³-hybridized carbons (Fsp3) is 0.455. The number of aromatic nitrogens is 2. The van der Waals surface area contributed by atoms with E-state index in [0.29, 0.717) is 13.0 Å². The summed E-state index contributed by atoms with van der Waals surface area (Å²) in [6, 6.07) is 5.10. The van der Waals surface area contributed by atoms with E-state index in [1.165, 1.54) is 18.2 Å². The molecular weight excluding hydrogens is 485 g/mol. The number of nitrogens with one attached hydrogen (secondary N) is 2. The van der Waals surface area contributed by atoms with Crippen molar-refractivity contribution in [2.24, 2.45) is 10.7 Å². The Bertz CT molecular complexity index is 1150. The molecular formula is C22H27F3N6O3S. The minimum Gasteiger partial charge on any atom is -0.486 e. The van der Waals surface area contributed by atoms with Gasteiger partial charge in [0.25, 0.3) is 12.3 Å². The van der Waals surface area contributed by atoms with Crippen molar-refractivity contribution >= 4 is 28.1 Å². The number of halogens is 3. The number of nitrogens with zero attached hydrogens (tertiary/aromatic N) is 3. The highest BCUT2D eigenvalue weighted by Gasteiger charge is 2.55. The Hall–Kier alpha value is -2.90. The SMILES string of the molecule is CC1(c2nc(NC(=O)c3ccc(OCC(F)F)cn3)ccc2F)CS2(O)NCCCC2(C)C(N)=N1. The summed E-state index contributed by atoms with van der Waals surface area (Å²) in [6.07, 6.45) is 0.0222. The van der Waals surface area contributed by atoms with Crippen LogP contribution < -0.4 is 20.5 Å². The maximum Gasteiger partial charge on any atom is 0.275 e. The molecule has 1 saturated heterocycles. The second-order valence-corrected chi connectivity index (χ2v) is 11.8. The van der Waals surface area contributed by atoms with Gasteiger partial charge in [0.1, 0.15) is 46.8 Å². The number of hydrogen-bond acceptors (Lipinski definition) is 8. The number of anilines is 1. The van der Waals surface area contributed by atoms with Crippen molar-refractivity contribution in [1.82, 2.24) is 14.7 Å². The number of aliphatic imine (C=N–C) groups is 1. The number of alkyl halides is 2. The van der Waals surface area contributed by atoms with Crippen LogP contribution in [-0.2, 0) is 5.54 Å². The summed E-state index contributed by atoms with van der Waals surface area (Å²) in [7, 11) is -2.47. The molecule has 1 fully saturated rings. The third kappa shape index (κ3) is 4.80. The Balaban J connectivity index is 1.57. The van der Waals surface area contributed by atoms with Crippen molar-refractivity contribution in [3.63, 3.8) is 0 Å². The number of amides is 1. The third-order valence-corrected chi connectivity index (χ3v) is 9.82. The number of hydrogen-bond donors (Lipinski definition) is 4. The Kier molecular flexibility index (Phi) is 6.68. The van der Waals surface area contributed by atoms with Gasteiger partial charge in [0.2, 0.25) is 0 Å². The van der Waals surface area contributed by atoms with Crippen molar-refractivity contribution < 1.29 is 27.3 Å². The van der Waals surface area contributed by atoms with Gasteiger partial charge in [-0.1, -0.05) is 10.5 Å². The number of fused-ring (bicyclic) bond motifs is 1. The molecule has 3 atom stereocenters. The van der Waals surface area contributed by atoms with Gasteiger partial charge in [-0.05, 0) is 51.0 Å². The molecule has 0 saturated carbocycles. The van der Waals surface area contributed by atoms with E-state index < -0.39 is 45.5 Å². The molecule has 3 unspecified atom stereocenters. The molecule has 13 heteroatoms. The first-order valence-electron chi connectivity index (χ1n) is 10.9. The summed E-state index contributed by atoms with van der Waals surface area (Å²) in [6.45, 7) is 3.35. The van der Waals surface area contributed by atoms with Gasteiger partial charge in [0, 0.05) is 12.3 Å². The molecule has 0 bridgehead atoms. The van der Waals surface area contributed by atoms with E-state index in [2.05, 4.69) is 25.0 Å². The van der Waals surface area contributed by atoms with Gasteiger partial charge in [-0.15, -0.1) is 0 Å². The predicted octanol–water partition coefficient (Wildman–Crippen LogP) is 3.43. The highest BCUT2D eigenvalue weighted by Crippen LogP contribution is 2.62. The fourth-order valence-electron chi connectivity index (χ4n) is 4.28. The predicted molar refractivity (Wildman–Crippen MR) is 128 cm³/mol. The number of amidine groups is 1. The number of nitrogens with two attached hydrogens (primary N) is 1. The van der Waals surface area contributed by atoms with Crippen LogP contribution >= 0.6 is 10.5 Å². The summed E-state index contributed by atoms with van der Waals surface area (Å²) in [4.78, 5) is 25.4. The van der Waals surface area contributed by atoms with Crippen LogP contribution in [0.4, 0.5) is 19.0 Å². The van der Waals surface area contributed by atoms with Crippen molar-refractivity contribution in [1.29, 1.82) is 0 Å². The molecule has 4 heterocycles. The summed E-state index contributed by atoms with van der Waals surface area (Å²) < 4.78 is 58.3. The van der Waals surface area contributed by atoms with E-state index in [0.717, 1.165) is 18.7 Å². The van der Waals surface area contributed by atoms with Gasteiger partial charge in [0.15, 0.2) is 0 Å². The molecule has 4 rings (SSSR count). The zero-order valence-corrected chi connectivity index (χ0v) is 20.0. The standard InChI is InChI=1S/C22H27F3N6O3S/c1-21(12-35(33)22(2,20(26)31-21)8-3-9-28-35)18-14(23)5-7-17(29-18)30-19(32)15-6-4-13(10-27-15)34-11-16(24)25/h4-7,10,16,28,33H,3,8-9,11-12H2,1-2H3,(H2,26,31)(H,29,30,32). The Morgan fingerprint density at radius 3 is 2.80 bits per heavy atom. The maximum atomic E-state index is 14.9. The lowest BCUT2D eigenvalue weighted by Crippen LogP contribution is -2.60. The van der Waals surface area contributed by atoms with Crippen LogP contribution in [0, 0.1) is 5.82 Å². The van der Waals surface area contributed by atoms with Crippen molar-refractivity contribution in [3.05, 3.63) is 47.7 Å². The number of carbonyl (C=O) groups is 1. The lowest BCUT2D eigenvalue weighted by atomic mass is 9.96. The molecule has 9 nitrogen and oxygen atoms in total. The largest absolute Gasteiger partial charge is 0.486 e. The van der Waals surface area contributed by atoms with Crippen LogP contribution in [0.25, 0.3) is 0 Å². The lowest BCUT2D eigenvalue weighted by Gasteiger charge is -2.57. The molecule has 2 aromatic rings. The van der Waals surface area contributed by atoms with Crippen LogP contribution in [0.3, 0.4) is 0 Å². The van der Waals surface area contributed by atoms with E-state index in [9.17, 15) is 22.5 Å². The quantitative estimate of drug-likeness (QED) is 0.466. The highest BCUT2D eigenvalue weighted by atomic mass is 32.3. The van der Waals surface area contributed by atoms with E-state index in [1.54, 1.807) is 6.92 Å². The van der Waals surface area contributed by atoms with Gasteiger partial charge in [-0.2, -0.15) is 0 Å². The first kappa shape index (κ1) is 25.2. The summed E-state index contributed by atoms with van der Waals surface area (Å²) >= 11 is 0. The minimum atomic E-state index is -2.63. The minimum absolute atomic E-state index is 0.0193. The molecule has 1 amide bonds. The van der Waals surface area contributed by atoms with Crippen molar-refractivity contribution in [2.75, 3.05) is 24.2 Å². The van der Waals surface area contributed by atoms with Gasteiger partial charge in [-0.25, -0.2) is 23.1 Å². The van der Waals surface area contributed by atoms with Crippen LogP contribution in [0.15, 0.2) is 35.5 Å². The van der Waals surface area contributed by atoms with Crippen LogP contribution in [-0.4, -0.2) is 56.3 Å². The molecule has 2 aromatic heterocycles. The second-order valence-electron chi connectivity index (χ2n) is 8.91. The molecule has 0 aromatic carbocycles. The van der Waals surface area contributed by atoms with Gasteiger partial charge in [0.05, 0.1) is 10.9 Å². The first-order chi connectivity index (χ1) is 16.5. The van der Waals surface area contributed by atoms with Crippen molar-refractivity contribution in [3.8, 4) is 5.75 Å². The van der Waals surface area contributed by atoms with E-state index >= 15 is 0 Å². The van der Waals surface area contributed by atoms with Crippen LogP contribution in [0.2, 0.25) is 0 Å². The average Bonchev–Trinajstić information content (AvgIpc) is 2.80. The Labute approximate surface area is 202 Å². The van der Waals surface area contributed by atoms with E-state index in [1.807, 2.05) is 6.92 Å².